The van der Waals surface area contributed by atoms with E-state index in [0.29, 0.717) is 19.0 Å². The van der Waals surface area contributed by atoms with Crippen LogP contribution in [-0.2, 0) is 17.9 Å². The fourth-order valence-corrected chi connectivity index (χ4v) is 5.16. The average Bonchev–Trinajstić information content (AvgIpc) is 3.47. The van der Waals surface area contributed by atoms with Crippen molar-refractivity contribution < 1.29 is 18.7 Å². The lowest BCUT2D eigenvalue weighted by atomic mass is 9.88. The zero-order valence-electron chi connectivity index (χ0n) is 20.2. The number of carbonyl (C=O) groups excluding carboxylic acids is 1. The molecule has 1 saturated heterocycles. The first-order valence-corrected chi connectivity index (χ1v) is 12.1. The highest BCUT2D eigenvalue weighted by Gasteiger charge is 2.35. The second kappa shape index (κ2) is 10.1. The van der Waals surface area contributed by atoms with Gasteiger partial charge in [-0.15, -0.1) is 0 Å². The summed E-state index contributed by atoms with van der Waals surface area (Å²) in [6, 6.07) is 21.3. The zero-order chi connectivity index (χ0) is 24.4. The van der Waals surface area contributed by atoms with E-state index in [2.05, 4.69) is 48.2 Å². The number of rotatable bonds is 7. The van der Waals surface area contributed by atoms with Crippen molar-refractivity contribution >= 4 is 5.91 Å². The smallest absolute Gasteiger partial charge is 0.231 e. The number of fused-ring (bicyclic) bond motifs is 1. The highest BCUT2D eigenvalue weighted by molar-refractivity contribution is 5.73. The number of carbonyl (C=O) groups is 1. The number of nitrogens with zero attached hydrogens (tertiary/aromatic N) is 2. The van der Waals surface area contributed by atoms with Crippen molar-refractivity contribution in [2.45, 2.75) is 32.9 Å². The predicted octanol–water partition coefficient (Wildman–Crippen LogP) is 5.13. The minimum atomic E-state index is -0.266. The molecule has 0 spiro atoms. The van der Waals surface area contributed by atoms with E-state index in [9.17, 15) is 9.18 Å². The Morgan fingerprint density at radius 3 is 2.43 bits per heavy atom. The Kier molecular flexibility index (Phi) is 6.73. The number of hydrogen-bond donors (Lipinski definition) is 0. The summed E-state index contributed by atoms with van der Waals surface area (Å²) in [6.45, 7) is 7.75. The van der Waals surface area contributed by atoms with Crippen molar-refractivity contribution in [3.8, 4) is 11.5 Å². The van der Waals surface area contributed by atoms with Crippen LogP contribution in [0.1, 0.15) is 35.1 Å². The molecule has 3 aromatic rings. The minimum absolute atomic E-state index is 0.0335. The molecule has 5 rings (SSSR count). The highest BCUT2D eigenvalue weighted by Crippen LogP contribution is 2.37. The molecular weight excluding hydrogens is 443 g/mol. The second-order valence-electron chi connectivity index (χ2n) is 9.68. The lowest BCUT2D eigenvalue weighted by molar-refractivity contribution is -0.130. The van der Waals surface area contributed by atoms with Gasteiger partial charge < -0.3 is 14.4 Å². The molecule has 2 heterocycles. The van der Waals surface area contributed by atoms with Gasteiger partial charge in [-0.2, -0.15) is 0 Å². The second-order valence-corrected chi connectivity index (χ2v) is 9.68. The predicted molar refractivity (Wildman–Crippen MR) is 133 cm³/mol. The van der Waals surface area contributed by atoms with Gasteiger partial charge in [0.2, 0.25) is 12.7 Å². The summed E-state index contributed by atoms with van der Waals surface area (Å²) in [5.74, 6) is 1.97. The van der Waals surface area contributed by atoms with Gasteiger partial charge in [0.1, 0.15) is 5.82 Å². The number of hydrogen-bond acceptors (Lipinski definition) is 4. The SMILES string of the molecule is CC(=O)N(Cc1ccc(F)cc1)CC1CN(Cc2ccc3c(c2)OCO3)CC1c1ccc(C)cc1. The minimum Gasteiger partial charge on any atom is -0.454 e. The number of aryl methyl sites for hydroxylation is 1. The topological polar surface area (TPSA) is 42.0 Å². The van der Waals surface area contributed by atoms with Crippen molar-refractivity contribution in [2.24, 2.45) is 5.92 Å². The standard InChI is InChI=1S/C29H31FN2O3/c1-20-3-8-24(9-4-20)27-18-31(14-23-7-12-28-29(13-23)35-19-34-28)16-25(27)17-32(21(2)33)15-22-5-10-26(30)11-6-22/h3-13,25,27H,14-19H2,1-2H3. The summed E-state index contributed by atoms with van der Waals surface area (Å²) < 4.78 is 24.4. The molecule has 2 unspecified atom stereocenters. The third-order valence-electron chi connectivity index (χ3n) is 7.05. The molecule has 3 aromatic carbocycles. The third kappa shape index (κ3) is 5.49. The summed E-state index contributed by atoms with van der Waals surface area (Å²) in [7, 11) is 0. The zero-order valence-corrected chi connectivity index (χ0v) is 20.2. The fraction of sp³-hybridized carbons (Fsp3) is 0.345. The van der Waals surface area contributed by atoms with Crippen LogP contribution in [0.3, 0.4) is 0 Å². The average molecular weight is 475 g/mol. The van der Waals surface area contributed by atoms with E-state index < -0.39 is 0 Å². The maximum atomic E-state index is 13.4. The number of likely N-dealkylation sites (tertiary alicyclic amines) is 1. The van der Waals surface area contributed by atoms with Gasteiger partial charge in [-0.1, -0.05) is 48.0 Å². The lowest BCUT2D eigenvalue weighted by Gasteiger charge is -2.28. The van der Waals surface area contributed by atoms with Gasteiger partial charge in [-0.3, -0.25) is 9.69 Å². The first kappa shape index (κ1) is 23.4. The fourth-order valence-electron chi connectivity index (χ4n) is 5.16. The summed E-state index contributed by atoms with van der Waals surface area (Å²) in [6.07, 6.45) is 0. The maximum absolute atomic E-state index is 13.4. The third-order valence-corrected chi connectivity index (χ3v) is 7.05. The molecule has 0 bridgehead atoms. The molecule has 2 aliphatic rings. The maximum Gasteiger partial charge on any atom is 0.231 e. The molecule has 0 saturated carbocycles. The molecule has 1 amide bonds. The van der Waals surface area contributed by atoms with E-state index >= 15 is 0 Å². The Morgan fingerprint density at radius 2 is 1.69 bits per heavy atom. The number of amides is 1. The Labute approximate surface area is 206 Å². The van der Waals surface area contributed by atoms with Gasteiger partial charge in [0.05, 0.1) is 0 Å². The number of benzene rings is 3. The van der Waals surface area contributed by atoms with E-state index in [1.165, 1.54) is 28.8 Å². The van der Waals surface area contributed by atoms with E-state index in [-0.39, 0.29) is 24.4 Å². The van der Waals surface area contributed by atoms with Crippen LogP contribution in [0.2, 0.25) is 0 Å². The van der Waals surface area contributed by atoms with Gasteiger partial charge in [-0.05, 0) is 53.8 Å². The van der Waals surface area contributed by atoms with E-state index in [0.717, 1.165) is 36.7 Å². The van der Waals surface area contributed by atoms with E-state index in [4.69, 9.17) is 9.47 Å². The summed E-state index contributed by atoms with van der Waals surface area (Å²) >= 11 is 0. The van der Waals surface area contributed by atoms with Crippen LogP contribution in [0.4, 0.5) is 4.39 Å². The first-order chi connectivity index (χ1) is 16.9. The Bertz CT molecular complexity index is 1180. The Morgan fingerprint density at radius 1 is 0.971 bits per heavy atom. The van der Waals surface area contributed by atoms with Crippen molar-refractivity contribution in [3.63, 3.8) is 0 Å². The van der Waals surface area contributed by atoms with Crippen LogP contribution in [0.5, 0.6) is 11.5 Å². The molecule has 182 valence electrons. The molecule has 0 radical (unpaired) electrons. The summed E-state index contributed by atoms with van der Waals surface area (Å²) in [5.41, 5.74) is 4.66. The molecular formula is C29H31FN2O3. The van der Waals surface area contributed by atoms with E-state index in [1.807, 2.05) is 11.0 Å². The van der Waals surface area contributed by atoms with Crippen LogP contribution in [0.15, 0.2) is 66.7 Å². The molecule has 0 aliphatic carbocycles. The largest absolute Gasteiger partial charge is 0.454 e. The molecule has 0 aromatic heterocycles. The summed E-state index contributed by atoms with van der Waals surface area (Å²) in [4.78, 5) is 16.9. The molecule has 6 heteroatoms. The van der Waals surface area contributed by atoms with Crippen LogP contribution in [0.25, 0.3) is 0 Å². The van der Waals surface area contributed by atoms with Crippen LogP contribution >= 0.6 is 0 Å². The molecule has 35 heavy (non-hydrogen) atoms. The Balaban J connectivity index is 1.34. The highest BCUT2D eigenvalue weighted by atomic mass is 19.1. The normalized spacial score (nSPS) is 19.2. The first-order valence-electron chi connectivity index (χ1n) is 12.1. The molecule has 2 atom stereocenters. The molecule has 1 fully saturated rings. The molecule has 5 nitrogen and oxygen atoms in total. The van der Waals surface area contributed by atoms with E-state index in [1.54, 1.807) is 19.1 Å². The van der Waals surface area contributed by atoms with Crippen LogP contribution in [-0.4, -0.2) is 42.1 Å². The van der Waals surface area contributed by atoms with Crippen molar-refractivity contribution in [2.75, 3.05) is 26.4 Å². The quantitative estimate of drug-likeness (QED) is 0.476. The van der Waals surface area contributed by atoms with Gasteiger partial charge in [0, 0.05) is 45.6 Å². The van der Waals surface area contributed by atoms with Crippen LogP contribution in [0, 0.1) is 18.7 Å². The van der Waals surface area contributed by atoms with Gasteiger partial charge in [0.15, 0.2) is 11.5 Å². The summed E-state index contributed by atoms with van der Waals surface area (Å²) in [5, 5.41) is 0. The lowest BCUT2D eigenvalue weighted by Crippen LogP contribution is -2.35. The molecule has 2 aliphatic heterocycles. The van der Waals surface area contributed by atoms with Crippen LogP contribution < -0.4 is 9.47 Å². The van der Waals surface area contributed by atoms with Crippen molar-refractivity contribution in [3.05, 3.63) is 94.8 Å². The monoisotopic (exact) mass is 474 g/mol. The van der Waals surface area contributed by atoms with Gasteiger partial charge in [0.25, 0.3) is 0 Å². The molecule has 0 N–H and O–H groups in total. The Hall–Kier alpha value is -3.38. The van der Waals surface area contributed by atoms with Crippen molar-refractivity contribution in [1.82, 2.24) is 9.80 Å². The van der Waals surface area contributed by atoms with Crippen molar-refractivity contribution in [1.29, 1.82) is 0 Å². The number of halogens is 1. The van der Waals surface area contributed by atoms with Gasteiger partial charge in [-0.25, -0.2) is 4.39 Å². The van der Waals surface area contributed by atoms with Gasteiger partial charge >= 0.3 is 0 Å². The number of ether oxygens (including phenoxy) is 2.